The quantitative estimate of drug-likeness (QED) is 0.875. The van der Waals surface area contributed by atoms with E-state index in [-0.39, 0.29) is 11.5 Å². The Hall–Kier alpha value is -2.57. The van der Waals surface area contributed by atoms with Crippen LogP contribution in [0.4, 0.5) is 11.4 Å². The first-order chi connectivity index (χ1) is 12.0. The number of carbonyl (C=O) groups is 2. The average molecular weight is 361 g/mol. The highest BCUT2D eigenvalue weighted by atomic mass is 35.5. The second-order valence-corrected chi connectivity index (χ2v) is 6.04. The van der Waals surface area contributed by atoms with Crippen molar-refractivity contribution in [1.82, 2.24) is 0 Å². The number of rotatable bonds is 4. The lowest BCUT2D eigenvalue weighted by molar-refractivity contribution is 0.0696. The number of morpholine rings is 1. The third-order valence-corrected chi connectivity index (χ3v) is 4.17. The monoisotopic (exact) mass is 360 g/mol. The van der Waals surface area contributed by atoms with Crippen LogP contribution >= 0.6 is 11.6 Å². The van der Waals surface area contributed by atoms with E-state index in [9.17, 15) is 14.7 Å². The summed E-state index contributed by atoms with van der Waals surface area (Å²) in [4.78, 5) is 25.9. The maximum atomic E-state index is 12.5. The minimum Gasteiger partial charge on any atom is -0.478 e. The van der Waals surface area contributed by atoms with Crippen LogP contribution in [0.1, 0.15) is 20.7 Å². The fraction of sp³-hybridized carbons (Fsp3) is 0.222. The van der Waals surface area contributed by atoms with Gasteiger partial charge < -0.3 is 20.1 Å². The van der Waals surface area contributed by atoms with Crippen molar-refractivity contribution in [1.29, 1.82) is 0 Å². The van der Waals surface area contributed by atoms with Gasteiger partial charge in [0.2, 0.25) is 0 Å². The van der Waals surface area contributed by atoms with E-state index < -0.39 is 5.97 Å². The van der Waals surface area contributed by atoms with Gasteiger partial charge in [-0.05, 0) is 36.4 Å². The molecule has 0 aromatic heterocycles. The summed E-state index contributed by atoms with van der Waals surface area (Å²) in [6, 6.07) is 11.3. The zero-order valence-electron chi connectivity index (χ0n) is 13.4. The van der Waals surface area contributed by atoms with Crippen molar-refractivity contribution < 1.29 is 19.4 Å². The molecule has 0 aliphatic carbocycles. The van der Waals surface area contributed by atoms with Crippen LogP contribution in [0.2, 0.25) is 5.02 Å². The highest BCUT2D eigenvalue weighted by Gasteiger charge is 2.18. The Morgan fingerprint density at radius 2 is 1.84 bits per heavy atom. The molecule has 0 radical (unpaired) electrons. The summed E-state index contributed by atoms with van der Waals surface area (Å²) in [6.45, 7) is 2.52. The summed E-state index contributed by atoms with van der Waals surface area (Å²) in [5, 5.41) is 12.5. The molecular formula is C18H17ClN2O4. The van der Waals surface area contributed by atoms with Gasteiger partial charge >= 0.3 is 5.97 Å². The van der Waals surface area contributed by atoms with E-state index in [2.05, 4.69) is 10.2 Å². The van der Waals surface area contributed by atoms with Crippen molar-refractivity contribution >= 4 is 34.9 Å². The summed E-state index contributed by atoms with van der Waals surface area (Å²) in [5.74, 6) is -1.40. The van der Waals surface area contributed by atoms with Crippen LogP contribution < -0.4 is 10.2 Å². The van der Waals surface area contributed by atoms with Gasteiger partial charge in [0.1, 0.15) is 0 Å². The molecule has 3 rings (SSSR count). The Kier molecular flexibility index (Phi) is 5.21. The number of hydrogen-bond acceptors (Lipinski definition) is 4. The standard InChI is InChI=1S/C18H17ClN2O4/c19-14-3-1-2-12(10-14)17(22)20-15-11-13(18(23)24)4-5-16(15)21-6-8-25-9-7-21/h1-5,10-11H,6-9H2,(H,20,22)(H,23,24). The molecule has 1 heterocycles. The summed E-state index contributed by atoms with van der Waals surface area (Å²) in [7, 11) is 0. The second-order valence-electron chi connectivity index (χ2n) is 5.60. The fourth-order valence-electron chi connectivity index (χ4n) is 2.67. The van der Waals surface area contributed by atoms with E-state index in [1.54, 1.807) is 30.3 Å². The molecule has 0 unspecified atom stereocenters. The van der Waals surface area contributed by atoms with Crippen LogP contribution in [0.5, 0.6) is 0 Å². The van der Waals surface area contributed by atoms with Gasteiger partial charge in [-0.15, -0.1) is 0 Å². The number of benzene rings is 2. The molecule has 1 fully saturated rings. The molecule has 7 heteroatoms. The zero-order chi connectivity index (χ0) is 17.8. The van der Waals surface area contributed by atoms with Crippen LogP contribution in [-0.4, -0.2) is 43.3 Å². The number of ether oxygens (including phenoxy) is 1. The number of aromatic carboxylic acids is 1. The summed E-state index contributed by atoms with van der Waals surface area (Å²) in [5.41, 5.74) is 1.73. The predicted octanol–water partition coefficient (Wildman–Crippen LogP) is 3.13. The molecule has 2 aromatic carbocycles. The SMILES string of the molecule is O=C(O)c1ccc(N2CCOCC2)c(NC(=O)c2cccc(Cl)c2)c1. The van der Waals surface area contributed by atoms with Crippen LogP contribution in [0.25, 0.3) is 0 Å². The number of halogens is 1. The smallest absolute Gasteiger partial charge is 0.335 e. The number of carboxylic acids is 1. The average Bonchev–Trinajstić information content (AvgIpc) is 2.62. The Morgan fingerprint density at radius 3 is 2.52 bits per heavy atom. The first-order valence-corrected chi connectivity index (χ1v) is 8.19. The first kappa shape index (κ1) is 17.3. The lowest BCUT2D eigenvalue weighted by atomic mass is 10.1. The van der Waals surface area contributed by atoms with Crippen molar-refractivity contribution in [3.63, 3.8) is 0 Å². The summed E-state index contributed by atoms with van der Waals surface area (Å²) >= 11 is 5.93. The third kappa shape index (κ3) is 4.10. The molecule has 6 nitrogen and oxygen atoms in total. The lowest BCUT2D eigenvalue weighted by Crippen LogP contribution is -2.36. The predicted molar refractivity (Wildman–Crippen MR) is 95.8 cm³/mol. The molecule has 0 bridgehead atoms. The Labute approximate surface area is 150 Å². The number of carboxylic acid groups (broad SMARTS) is 1. The molecule has 1 saturated heterocycles. The van der Waals surface area contributed by atoms with Gasteiger partial charge in [-0.1, -0.05) is 17.7 Å². The van der Waals surface area contributed by atoms with Crippen LogP contribution in [0.15, 0.2) is 42.5 Å². The first-order valence-electron chi connectivity index (χ1n) is 7.81. The minimum atomic E-state index is -1.05. The van der Waals surface area contributed by atoms with Crippen molar-refractivity contribution in [3.05, 3.63) is 58.6 Å². The molecule has 130 valence electrons. The molecule has 0 spiro atoms. The van der Waals surface area contributed by atoms with E-state index in [0.29, 0.717) is 42.6 Å². The maximum Gasteiger partial charge on any atom is 0.335 e. The van der Waals surface area contributed by atoms with Crippen molar-refractivity contribution in [2.75, 3.05) is 36.5 Å². The summed E-state index contributed by atoms with van der Waals surface area (Å²) in [6.07, 6.45) is 0. The van der Waals surface area contributed by atoms with E-state index >= 15 is 0 Å². The highest BCUT2D eigenvalue weighted by molar-refractivity contribution is 6.31. The van der Waals surface area contributed by atoms with Crippen molar-refractivity contribution in [2.24, 2.45) is 0 Å². The molecular weight excluding hydrogens is 344 g/mol. The van der Waals surface area contributed by atoms with Crippen molar-refractivity contribution in [3.8, 4) is 0 Å². The number of nitrogens with zero attached hydrogens (tertiary/aromatic N) is 1. The number of amides is 1. The Balaban J connectivity index is 1.92. The molecule has 1 amide bonds. The van der Waals surface area contributed by atoms with E-state index in [1.165, 1.54) is 12.1 Å². The largest absolute Gasteiger partial charge is 0.478 e. The van der Waals surface area contributed by atoms with Gasteiger partial charge in [0.15, 0.2) is 0 Å². The highest BCUT2D eigenvalue weighted by Crippen LogP contribution is 2.29. The zero-order valence-corrected chi connectivity index (χ0v) is 14.1. The number of hydrogen-bond donors (Lipinski definition) is 2. The van der Waals surface area contributed by atoms with Crippen LogP contribution in [-0.2, 0) is 4.74 Å². The van der Waals surface area contributed by atoms with Gasteiger partial charge in [-0.2, -0.15) is 0 Å². The molecule has 0 saturated carbocycles. The minimum absolute atomic E-state index is 0.110. The topological polar surface area (TPSA) is 78.9 Å². The van der Waals surface area contributed by atoms with Crippen molar-refractivity contribution in [2.45, 2.75) is 0 Å². The van der Waals surface area contributed by atoms with Gasteiger partial charge in [0, 0.05) is 23.7 Å². The second kappa shape index (κ2) is 7.55. The normalized spacial score (nSPS) is 14.2. The van der Waals surface area contributed by atoms with Crippen LogP contribution in [0.3, 0.4) is 0 Å². The maximum absolute atomic E-state index is 12.5. The van der Waals surface area contributed by atoms with E-state index in [1.807, 2.05) is 0 Å². The number of nitrogens with one attached hydrogen (secondary N) is 1. The molecule has 2 N–H and O–H groups in total. The molecule has 0 atom stereocenters. The van der Waals surface area contributed by atoms with E-state index in [4.69, 9.17) is 16.3 Å². The fourth-order valence-corrected chi connectivity index (χ4v) is 2.86. The van der Waals surface area contributed by atoms with Crippen LogP contribution in [0, 0.1) is 0 Å². The molecule has 2 aromatic rings. The number of anilines is 2. The third-order valence-electron chi connectivity index (χ3n) is 3.93. The Bertz CT molecular complexity index is 803. The van der Waals surface area contributed by atoms with E-state index in [0.717, 1.165) is 5.69 Å². The Morgan fingerprint density at radius 1 is 1.08 bits per heavy atom. The summed E-state index contributed by atoms with van der Waals surface area (Å²) < 4.78 is 5.35. The van der Waals surface area contributed by atoms with Gasteiger partial charge in [0.05, 0.1) is 30.2 Å². The van der Waals surface area contributed by atoms with Gasteiger partial charge in [-0.25, -0.2) is 4.79 Å². The lowest BCUT2D eigenvalue weighted by Gasteiger charge is -2.30. The van der Waals surface area contributed by atoms with Gasteiger partial charge in [-0.3, -0.25) is 4.79 Å². The molecule has 25 heavy (non-hydrogen) atoms. The molecule has 1 aliphatic heterocycles. The van der Waals surface area contributed by atoms with Gasteiger partial charge in [0.25, 0.3) is 5.91 Å². The number of carbonyl (C=O) groups excluding carboxylic acids is 1. The molecule has 1 aliphatic rings.